The van der Waals surface area contributed by atoms with E-state index in [1.807, 2.05) is 0 Å². The first kappa shape index (κ1) is 32.3. The number of rotatable bonds is 8. The summed E-state index contributed by atoms with van der Waals surface area (Å²) in [5.41, 5.74) is 10.2. The molecule has 0 saturated carbocycles. The Balaban J connectivity index is 2.31. The van der Waals surface area contributed by atoms with Crippen molar-refractivity contribution in [2.75, 3.05) is 0 Å². The number of hydrogen-bond donors (Lipinski definition) is 0. The van der Waals surface area contributed by atoms with Crippen molar-refractivity contribution in [3.8, 4) is 0 Å². The molecule has 0 amide bonds. The summed E-state index contributed by atoms with van der Waals surface area (Å²) >= 11 is 0. The molecular formula is C41H56Si. The molecule has 224 valence electrons. The van der Waals surface area contributed by atoms with E-state index in [-0.39, 0.29) is 10.8 Å². The van der Waals surface area contributed by atoms with Crippen LogP contribution in [0.5, 0.6) is 0 Å². The molecule has 2 unspecified atom stereocenters. The average Bonchev–Trinajstić information content (AvgIpc) is 3.41. The molecular weight excluding hydrogens is 521 g/mol. The van der Waals surface area contributed by atoms with Gasteiger partial charge in [0.2, 0.25) is 0 Å². The van der Waals surface area contributed by atoms with Crippen LogP contribution in [0.3, 0.4) is 0 Å². The molecule has 0 saturated heterocycles. The van der Waals surface area contributed by atoms with Gasteiger partial charge in [0.15, 0.2) is 8.07 Å². The zero-order valence-corrected chi connectivity index (χ0v) is 29.8. The van der Waals surface area contributed by atoms with Crippen molar-refractivity contribution in [2.45, 2.75) is 120 Å². The maximum Gasteiger partial charge on any atom is 0.179 e. The summed E-state index contributed by atoms with van der Waals surface area (Å²) < 4.78 is 0. The quantitative estimate of drug-likeness (QED) is 0.185. The average molecular weight is 577 g/mol. The van der Waals surface area contributed by atoms with Gasteiger partial charge in [-0.3, -0.25) is 0 Å². The Bertz CT molecular complexity index is 1430. The molecule has 1 aliphatic rings. The van der Waals surface area contributed by atoms with E-state index in [1.165, 1.54) is 38.6 Å². The van der Waals surface area contributed by atoms with Gasteiger partial charge in [0.25, 0.3) is 0 Å². The van der Waals surface area contributed by atoms with Crippen molar-refractivity contribution < 1.29 is 0 Å². The number of allylic oxidation sites excluding steroid dienone is 4. The fourth-order valence-corrected chi connectivity index (χ4v) is 12.4. The van der Waals surface area contributed by atoms with E-state index < -0.39 is 8.07 Å². The molecule has 0 N–H and O–H groups in total. The second-order valence-electron chi connectivity index (χ2n) is 15.0. The van der Waals surface area contributed by atoms with Crippen LogP contribution in [-0.2, 0) is 23.7 Å². The maximum absolute atomic E-state index is 2.72. The molecule has 3 aromatic carbocycles. The van der Waals surface area contributed by atoms with Gasteiger partial charge >= 0.3 is 0 Å². The lowest BCUT2D eigenvalue weighted by Gasteiger charge is -2.40. The first-order valence-electron chi connectivity index (χ1n) is 16.4. The highest BCUT2D eigenvalue weighted by Gasteiger charge is 2.47. The molecule has 3 aromatic rings. The Morgan fingerprint density at radius 2 is 1.10 bits per heavy atom. The van der Waals surface area contributed by atoms with Gasteiger partial charge < -0.3 is 0 Å². The summed E-state index contributed by atoms with van der Waals surface area (Å²) in [6, 6.07) is 22.8. The zero-order valence-electron chi connectivity index (χ0n) is 28.8. The van der Waals surface area contributed by atoms with Crippen molar-refractivity contribution >= 4 is 23.6 Å². The van der Waals surface area contributed by atoms with Crippen LogP contribution in [0.15, 0.2) is 77.5 Å². The Morgan fingerprint density at radius 1 is 0.619 bits per heavy atom. The van der Waals surface area contributed by atoms with Crippen LogP contribution >= 0.6 is 0 Å². The third-order valence-corrected chi connectivity index (χ3v) is 14.3. The van der Waals surface area contributed by atoms with Gasteiger partial charge in [0.1, 0.15) is 0 Å². The highest BCUT2D eigenvalue weighted by Crippen LogP contribution is 2.37. The third kappa shape index (κ3) is 6.18. The molecule has 42 heavy (non-hydrogen) atoms. The lowest BCUT2D eigenvalue weighted by molar-refractivity contribution is 0.569. The van der Waals surface area contributed by atoms with Crippen LogP contribution < -0.4 is 15.6 Å². The fraction of sp³-hybridized carbons (Fsp3) is 0.463. The minimum atomic E-state index is -2.72. The number of aryl methyl sites for hydroxylation is 4. The zero-order chi connectivity index (χ0) is 31.0. The van der Waals surface area contributed by atoms with Gasteiger partial charge in [-0.1, -0.05) is 147 Å². The van der Waals surface area contributed by atoms with E-state index in [0.717, 1.165) is 25.7 Å². The Kier molecular flexibility index (Phi) is 9.34. The first-order valence-corrected chi connectivity index (χ1v) is 18.4. The van der Waals surface area contributed by atoms with E-state index in [1.54, 1.807) is 21.1 Å². The lowest BCUT2D eigenvalue weighted by Crippen LogP contribution is -2.69. The molecule has 4 rings (SSSR count). The topological polar surface area (TPSA) is 0 Å². The summed E-state index contributed by atoms with van der Waals surface area (Å²) in [4.78, 5) is 0. The third-order valence-electron chi connectivity index (χ3n) is 9.57. The first-order chi connectivity index (χ1) is 19.6. The van der Waals surface area contributed by atoms with E-state index in [0.29, 0.717) is 5.92 Å². The lowest BCUT2D eigenvalue weighted by atomic mass is 9.81. The molecule has 2 atom stereocenters. The molecule has 0 bridgehead atoms. The number of benzene rings is 3. The van der Waals surface area contributed by atoms with Crippen molar-refractivity contribution in [2.24, 2.45) is 5.92 Å². The Hall–Kier alpha value is -2.64. The van der Waals surface area contributed by atoms with Crippen LogP contribution in [0.4, 0.5) is 0 Å². The number of hydrogen-bond acceptors (Lipinski definition) is 0. The standard InChI is InChI=1S/C41H56Si/c1-13-30(6)38-17-16-18-39(38)42(35-20-28(4)19-29(5)21-35,36-23-31(14-2)22-32(15-3)24-36)37-26-33(40(7,8)9)25-34(27-37)41(10,11)12/h17-27,30H,13-16H2,1-12H3. The van der Waals surface area contributed by atoms with Gasteiger partial charge in [-0.25, -0.2) is 0 Å². The summed E-state index contributed by atoms with van der Waals surface area (Å²) in [5.74, 6) is 0.532. The smallest absolute Gasteiger partial charge is 0.0801 e. The predicted molar refractivity (Wildman–Crippen MR) is 190 cm³/mol. The van der Waals surface area contributed by atoms with Crippen molar-refractivity contribution in [3.05, 3.63) is 111 Å². The molecule has 0 aliphatic heterocycles. The van der Waals surface area contributed by atoms with E-state index in [9.17, 15) is 0 Å². The molecule has 0 radical (unpaired) electrons. The highest BCUT2D eigenvalue weighted by atomic mass is 28.3. The summed E-state index contributed by atoms with van der Waals surface area (Å²) in [5, 5.41) is 6.26. The predicted octanol–water partition coefficient (Wildman–Crippen LogP) is 9.34. The van der Waals surface area contributed by atoms with Crippen molar-refractivity contribution in [1.29, 1.82) is 0 Å². The minimum Gasteiger partial charge on any atom is -0.0801 e. The van der Waals surface area contributed by atoms with Crippen LogP contribution in [0.25, 0.3) is 0 Å². The van der Waals surface area contributed by atoms with E-state index in [2.05, 4.69) is 150 Å². The molecule has 0 aromatic heterocycles. The van der Waals surface area contributed by atoms with E-state index in [4.69, 9.17) is 0 Å². The molecule has 0 heterocycles. The van der Waals surface area contributed by atoms with Crippen molar-refractivity contribution in [1.82, 2.24) is 0 Å². The Labute approximate surface area is 259 Å². The molecule has 0 fully saturated rings. The summed E-state index contributed by atoms with van der Waals surface area (Å²) in [7, 11) is -2.72. The van der Waals surface area contributed by atoms with Gasteiger partial charge in [-0.2, -0.15) is 0 Å². The summed E-state index contributed by atoms with van der Waals surface area (Å²) in [6.45, 7) is 28.3. The maximum atomic E-state index is 2.62. The van der Waals surface area contributed by atoms with Crippen LogP contribution in [0, 0.1) is 19.8 Å². The summed E-state index contributed by atoms with van der Waals surface area (Å²) in [6.07, 6.45) is 9.48. The second-order valence-corrected chi connectivity index (χ2v) is 18.8. The van der Waals surface area contributed by atoms with Gasteiger partial charge in [-0.05, 0) is 105 Å². The van der Waals surface area contributed by atoms with E-state index >= 15 is 0 Å². The minimum absolute atomic E-state index is 0.0535. The van der Waals surface area contributed by atoms with Crippen molar-refractivity contribution in [3.63, 3.8) is 0 Å². The molecule has 0 nitrogen and oxygen atoms in total. The molecule has 1 aliphatic carbocycles. The SMILES string of the molecule is CCc1cc(CC)cc([Si](C2=CCC=C2C(C)CC)(c2cc(C)cc(C)c2)c2cc(C(C)(C)C)cc(C(C)(C)C)c2)c1. The second kappa shape index (κ2) is 12.2. The Morgan fingerprint density at radius 3 is 1.55 bits per heavy atom. The van der Waals surface area contributed by atoms with Crippen LogP contribution in [0.2, 0.25) is 0 Å². The van der Waals surface area contributed by atoms with Crippen LogP contribution in [0.1, 0.15) is 115 Å². The fourth-order valence-electron chi connectivity index (χ4n) is 6.84. The van der Waals surface area contributed by atoms with Gasteiger partial charge in [0.05, 0.1) is 0 Å². The van der Waals surface area contributed by atoms with Gasteiger partial charge in [-0.15, -0.1) is 0 Å². The monoisotopic (exact) mass is 576 g/mol. The highest BCUT2D eigenvalue weighted by molar-refractivity contribution is 7.16. The van der Waals surface area contributed by atoms with Gasteiger partial charge in [0, 0.05) is 0 Å². The molecule has 1 heteroatoms. The van der Waals surface area contributed by atoms with Crippen LogP contribution in [-0.4, -0.2) is 8.07 Å². The normalized spacial score (nSPS) is 16.2. The molecule has 0 spiro atoms. The largest absolute Gasteiger partial charge is 0.179 e.